The first-order chi connectivity index (χ1) is 6.61. The minimum atomic E-state index is 0.306. The molecule has 1 fully saturated rings. The van der Waals surface area contributed by atoms with Gasteiger partial charge in [0, 0.05) is 18.5 Å². The predicted octanol–water partition coefficient (Wildman–Crippen LogP) is 1.97. The molecule has 1 aliphatic carbocycles. The normalized spacial score (nSPS) is 21.1. The molecule has 1 atom stereocenters. The molecule has 3 heteroatoms. The minimum Gasteiger partial charge on any atom is -0.388 e. The summed E-state index contributed by atoms with van der Waals surface area (Å²) in [6, 6.07) is 1.13. The van der Waals surface area contributed by atoms with E-state index in [-0.39, 0.29) is 0 Å². The summed E-state index contributed by atoms with van der Waals surface area (Å²) in [5.41, 5.74) is 5.42. The smallest absolute Gasteiger partial charge is 0.0920 e. The first-order valence-corrected chi connectivity index (χ1v) is 5.66. The maximum absolute atomic E-state index is 7.28. The Bertz CT molecular complexity index is 185. The van der Waals surface area contributed by atoms with Crippen LogP contribution >= 0.6 is 0 Å². The molecule has 0 aromatic heterocycles. The van der Waals surface area contributed by atoms with Gasteiger partial charge in [-0.2, -0.15) is 0 Å². The highest BCUT2D eigenvalue weighted by molar-refractivity contribution is 5.77. The number of nitrogens with one attached hydrogen (secondary N) is 1. The Hall–Kier alpha value is -0.570. The lowest BCUT2D eigenvalue weighted by Gasteiger charge is -2.35. The number of hydrogen-bond donors (Lipinski definition) is 2. The third kappa shape index (κ3) is 3.29. The van der Waals surface area contributed by atoms with Crippen LogP contribution in [0.2, 0.25) is 0 Å². The Labute approximate surface area is 87.2 Å². The van der Waals surface area contributed by atoms with Crippen LogP contribution in [-0.4, -0.2) is 29.9 Å². The van der Waals surface area contributed by atoms with E-state index < -0.39 is 0 Å². The van der Waals surface area contributed by atoms with Gasteiger partial charge in [0.05, 0.1) is 5.84 Å². The summed E-state index contributed by atoms with van der Waals surface area (Å²) in [4.78, 5) is 2.40. The van der Waals surface area contributed by atoms with Crippen LogP contribution in [-0.2, 0) is 0 Å². The Morgan fingerprint density at radius 1 is 1.43 bits per heavy atom. The van der Waals surface area contributed by atoms with E-state index in [1.54, 1.807) is 0 Å². The second kappa shape index (κ2) is 5.35. The largest absolute Gasteiger partial charge is 0.388 e. The fourth-order valence-electron chi connectivity index (χ4n) is 2.31. The van der Waals surface area contributed by atoms with Gasteiger partial charge in [0.2, 0.25) is 0 Å². The molecule has 3 nitrogen and oxygen atoms in total. The van der Waals surface area contributed by atoms with Gasteiger partial charge in [0.1, 0.15) is 0 Å². The van der Waals surface area contributed by atoms with E-state index in [4.69, 9.17) is 11.1 Å². The Balaban J connectivity index is 2.37. The second-order valence-corrected chi connectivity index (χ2v) is 4.54. The maximum Gasteiger partial charge on any atom is 0.0920 e. The molecule has 1 unspecified atom stereocenters. The van der Waals surface area contributed by atoms with E-state index in [2.05, 4.69) is 18.9 Å². The molecule has 0 bridgehead atoms. The molecular formula is C11H23N3. The highest BCUT2D eigenvalue weighted by atomic mass is 15.2. The van der Waals surface area contributed by atoms with Crippen LogP contribution in [0, 0.1) is 5.41 Å². The van der Waals surface area contributed by atoms with Crippen LogP contribution in [0.4, 0.5) is 0 Å². The zero-order chi connectivity index (χ0) is 10.6. The minimum absolute atomic E-state index is 0.306. The van der Waals surface area contributed by atoms with E-state index in [1.165, 1.54) is 32.1 Å². The van der Waals surface area contributed by atoms with E-state index in [9.17, 15) is 0 Å². The van der Waals surface area contributed by atoms with Crippen LogP contribution in [0.3, 0.4) is 0 Å². The highest BCUT2D eigenvalue weighted by Gasteiger charge is 2.21. The van der Waals surface area contributed by atoms with Crippen molar-refractivity contribution in [1.82, 2.24) is 4.90 Å². The highest BCUT2D eigenvalue weighted by Crippen LogP contribution is 2.23. The zero-order valence-corrected chi connectivity index (χ0v) is 9.42. The van der Waals surface area contributed by atoms with Crippen molar-refractivity contribution in [2.24, 2.45) is 5.73 Å². The molecule has 0 aromatic carbocycles. The lowest BCUT2D eigenvalue weighted by Crippen LogP contribution is -2.41. The summed E-state index contributed by atoms with van der Waals surface area (Å²) in [6.07, 6.45) is 7.46. The molecule has 0 heterocycles. The molecule has 1 saturated carbocycles. The number of rotatable bonds is 4. The van der Waals surface area contributed by atoms with Crippen LogP contribution < -0.4 is 5.73 Å². The van der Waals surface area contributed by atoms with Crippen molar-refractivity contribution in [3.05, 3.63) is 0 Å². The van der Waals surface area contributed by atoms with E-state index >= 15 is 0 Å². The molecule has 3 N–H and O–H groups in total. The van der Waals surface area contributed by atoms with Gasteiger partial charge in [0.25, 0.3) is 0 Å². The van der Waals surface area contributed by atoms with Crippen molar-refractivity contribution in [2.45, 2.75) is 57.5 Å². The van der Waals surface area contributed by atoms with E-state index in [1.807, 2.05) is 0 Å². The average Bonchev–Trinajstić information content (AvgIpc) is 2.17. The molecule has 14 heavy (non-hydrogen) atoms. The number of nitrogens with zero attached hydrogens (tertiary/aromatic N) is 1. The zero-order valence-electron chi connectivity index (χ0n) is 9.42. The predicted molar refractivity (Wildman–Crippen MR) is 60.6 cm³/mol. The van der Waals surface area contributed by atoms with Gasteiger partial charge in [-0.15, -0.1) is 0 Å². The average molecular weight is 197 g/mol. The number of nitrogens with two attached hydrogens (primary N) is 1. The third-order valence-corrected chi connectivity index (χ3v) is 3.36. The summed E-state index contributed by atoms with van der Waals surface area (Å²) in [5.74, 6) is 0.306. The first kappa shape index (κ1) is 11.5. The van der Waals surface area contributed by atoms with Gasteiger partial charge in [-0.05, 0) is 26.8 Å². The van der Waals surface area contributed by atoms with Crippen molar-refractivity contribution in [3.63, 3.8) is 0 Å². The van der Waals surface area contributed by atoms with Crippen molar-refractivity contribution >= 4 is 5.84 Å². The number of hydrogen-bond acceptors (Lipinski definition) is 2. The summed E-state index contributed by atoms with van der Waals surface area (Å²) in [5, 5.41) is 7.28. The van der Waals surface area contributed by atoms with Gasteiger partial charge >= 0.3 is 0 Å². The standard InChI is InChI=1S/C11H23N3/c1-9(8-11(12)13)14(2)10-6-4-3-5-7-10/h9-10H,3-8H2,1-2H3,(H3,12,13). The van der Waals surface area contributed by atoms with Crippen LogP contribution in [0.15, 0.2) is 0 Å². The summed E-state index contributed by atoms with van der Waals surface area (Å²) >= 11 is 0. The molecule has 0 aliphatic heterocycles. The molecule has 0 amide bonds. The van der Waals surface area contributed by atoms with Crippen molar-refractivity contribution in [2.75, 3.05) is 7.05 Å². The number of amidine groups is 1. The van der Waals surface area contributed by atoms with Crippen LogP contribution in [0.5, 0.6) is 0 Å². The van der Waals surface area contributed by atoms with Gasteiger partial charge in [0.15, 0.2) is 0 Å². The topological polar surface area (TPSA) is 53.1 Å². The lowest BCUT2D eigenvalue weighted by molar-refractivity contribution is 0.149. The molecule has 1 aliphatic rings. The molecule has 0 spiro atoms. The molecule has 0 aromatic rings. The lowest BCUT2D eigenvalue weighted by atomic mass is 9.93. The van der Waals surface area contributed by atoms with Crippen molar-refractivity contribution < 1.29 is 0 Å². The van der Waals surface area contributed by atoms with E-state index in [0.29, 0.717) is 18.3 Å². The monoisotopic (exact) mass is 197 g/mol. The van der Waals surface area contributed by atoms with Gasteiger partial charge in [-0.3, -0.25) is 5.41 Å². The summed E-state index contributed by atoms with van der Waals surface area (Å²) in [7, 11) is 2.17. The fraction of sp³-hybridized carbons (Fsp3) is 0.909. The molecule has 1 rings (SSSR count). The second-order valence-electron chi connectivity index (χ2n) is 4.54. The van der Waals surface area contributed by atoms with Crippen molar-refractivity contribution in [1.29, 1.82) is 5.41 Å². The van der Waals surface area contributed by atoms with E-state index in [0.717, 1.165) is 6.04 Å². The van der Waals surface area contributed by atoms with Gasteiger partial charge < -0.3 is 10.6 Å². The molecular weight excluding hydrogens is 174 g/mol. The Morgan fingerprint density at radius 3 is 2.50 bits per heavy atom. The molecule has 82 valence electrons. The molecule has 0 saturated heterocycles. The van der Waals surface area contributed by atoms with Gasteiger partial charge in [-0.1, -0.05) is 19.3 Å². The quantitative estimate of drug-likeness (QED) is 0.535. The third-order valence-electron chi connectivity index (χ3n) is 3.36. The first-order valence-electron chi connectivity index (χ1n) is 5.66. The fourth-order valence-corrected chi connectivity index (χ4v) is 2.31. The van der Waals surface area contributed by atoms with Gasteiger partial charge in [-0.25, -0.2) is 0 Å². The summed E-state index contributed by atoms with van der Waals surface area (Å²) < 4.78 is 0. The van der Waals surface area contributed by atoms with Crippen LogP contribution in [0.1, 0.15) is 45.4 Å². The Morgan fingerprint density at radius 2 is 2.00 bits per heavy atom. The van der Waals surface area contributed by atoms with Crippen molar-refractivity contribution in [3.8, 4) is 0 Å². The summed E-state index contributed by atoms with van der Waals surface area (Å²) in [6.45, 7) is 2.16. The SMILES string of the molecule is CC(CC(=N)N)N(C)C1CCCCC1. The van der Waals surface area contributed by atoms with Crippen LogP contribution in [0.25, 0.3) is 0 Å². The Kier molecular flexibility index (Phi) is 4.39. The molecule has 0 radical (unpaired) electrons. The maximum atomic E-state index is 7.28.